The van der Waals surface area contributed by atoms with Gasteiger partial charge in [0, 0.05) is 16.8 Å². The third-order valence-electron chi connectivity index (χ3n) is 5.43. The highest BCUT2D eigenvalue weighted by Gasteiger charge is 2.47. The maximum atomic E-state index is 11.2. The molecule has 118 valence electrons. The smallest absolute Gasteiger partial charge is 0.207 e. The summed E-state index contributed by atoms with van der Waals surface area (Å²) in [5, 5.41) is 21.9. The summed E-state index contributed by atoms with van der Waals surface area (Å²) in [5.41, 5.74) is -0.0835. The minimum atomic E-state index is -0.750. The molecule has 0 spiro atoms. The van der Waals surface area contributed by atoms with Crippen molar-refractivity contribution in [2.45, 2.75) is 64.4 Å². The Morgan fingerprint density at radius 2 is 2.19 bits per heavy atom. The molecular weight excluding hydrogens is 266 g/mol. The Morgan fingerprint density at radius 1 is 1.43 bits per heavy atom. The first-order chi connectivity index (χ1) is 9.85. The second-order valence-electron chi connectivity index (χ2n) is 7.05. The number of allylic oxidation sites excluding steroid dienone is 3. The molecule has 0 saturated heterocycles. The van der Waals surface area contributed by atoms with Crippen LogP contribution in [0.3, 0.4) is 0 Å². The predicted octanol–water partition coefficient (Wildman–Crippen LogP) is 3.88. The normalized spacial score (nSPS) is 31.8. The van der Waals surface area contributed by atoms with Gasteiger partial charge in [0.25, 0.3) is 0 Å². The fourth-order valence-electron chi connectivity index (χ4n) is 3.82. The Bertz CT molecular complexity index is 453. The average Bonchev–Trinajstić information content (AvgIpc) is 2.41. The molecule has 2 aliphatic rings. The van der Waals surface area contributed by atoms with Crippen molar-refractivity contribution >= 4 is 0 Å². The number of hydrogen-bond donors (Lipinski definition) is 1. The Hall–Kier alpha value is -1.16. The quantitative estimate of drug-likeness (QED) is 0.475. The molecule has 0 saturated carbocycles. The monoisotopic (exact) mass is 293 g/mol. The van der Waals surface area contributed by atoms with Gasteiger partial charge < -0.3 is 5.11 Å². The number of hydrogen-bond acceptors (Lipinski definition) is 3. The zero-order valence-corrected chi connectivity index (χ0v) is 13.2. The summed E-state index contributed by atoms with van der Waals surface area (Å²) in [6.07, 6.45) is 12.8. The van der Waals surface area contributed by atoms with E-state index >= 15 is 0 Å². The first kappa shape index (κ1) is 16.2. The summed E-state index contributed by atoms with van der Waals surface area (Å²) in [7, 11) is 0. The summed E-state index contributed by atoms with van der Waals surface area (Å²) in [6, 6.07) is 0. The van der Waals surface area contributed by atoms with Crippen molar-refractivity contribution in [3.05, 3.63) is 33.9 Å². The molecule has 2 aliphatic carbocycles. The number of nitro groups is 1. The molecule has 0 fully saturated rings. The fourth-order valence-corrected chi connectivity index (χ4v) is 3.82. The third kappa shape index (κ3) is 3.54. The van der Waals surface area contributed by atoms with Gasteiger partial charge in [-0.05, 0) is 44.4 Å². The third-order valence-corrected chi connectivity index (χ3v) is 5.43. The highest BCUT2D eigenvalue weighted by molar-refractivity contribution is 5.23. The van der Waals surface area contributed by atoms with E-state index in [1.54, 1.807) is 0 Å². The first-order valence-corrected chi connectivity index (χ1v) is 8.05. The van der Waals surface area contributed by atoms with Crippen LogP contribution < -0.4 is 0 Å². The molecule has 2 unspecified atom stereocenters. The van der Waals surface area contributed by atoms with E-state index in [1.807, 2.05) is 13.8 Å². The van der Waals surface area contributed by atoms with E-state index in [0.29, 0.717) is 12.3 Å². The average molecular weight is 293 g/mol. The summed E-state index contributed by atoms with van der Waals surface area (Å²) in [4.78, 5) is 10.4. The molecule has 0 radical (unpaired) electrons. The van der Waals surface area contributed by atoms with Crippen LogP contribution in [0.15, 0.2) is 23.8 Å². The van der Waals surface area contributed by atoms with Gasteiger partial charge in [0.05, 0.1) is 5.60 Å². The maximum absolute atomic E-state index is 11.2. The summed E-state index contributed by atoms with van der Waals surface area (Å²) in [6.45, 7) is 4.05. The Balaban J connectivity index is 2.11. The van der Waals surface area contributed by atoms with E-state index in [1.165, 1.54) is 6.42 Å². The second kappa shape index (κ2) is 6.30. The van der Waals surface area contributed by atoms with Crippen molar-refractivity contribution in [1.82, 2.24) is 0 Å². The molecule has 2 atom stereocenters. The van der Waals surface area contributed by atoms with Gasteiger partial charge in [0.15, 0.2) is 0 Å². The van der Waals surface area contributed by atoms with E-state index in [2.05, 4.69) is 18.2 Å². The van der Waals surface area contributed by atoms with Crippen LogP contribution in [0.1, 0.15) is 58.8 Å². The summed E-state index contributed by atoms with van der Waals surface area (Å²) >= 11 is 0. The lowest BCUT2D eigenvalue weighted by molar-refractivity contribution is -0.479. The molecule has 0 amide bonds. The van der Waals surface area contributed by atoms with Crippen LogP contribution >= 0.6 is 0 Å². The van der Waals surface area contributed by atoms with E-state index < -0.39 is 5.60 Å². The summed E-state index contributed by atoms with van der Waals surface area (Å²) < 4.78 is 0. The zero-order chi connectivity index (χ0) is 15.5. The van der Waals surface area contributed by atoms with Crippen LogP contribution in [0, 0.1) is 21.4 Å². The first-order valence-electron chi connectivity index (χ1n) is 8.05. The van der Waals surface area contributed by atoms with Gasteiger partial charge in [-0.25, -0.2) is 0 Å². The van der Waals surface area contributed by atoms with Crippen LogP contribution in [0.2, 0.25) is 0 Å². The van der Waals surface area contributed by atoms with Crippen molar-refractivity contribution in [1.29, 1.82) is 0 Å². The van der Waals surface area contributed by atoms with Gasteiger partial charge in [0.1, 0.15) is 0 Å². The Kier molecular flexibility index (Phi) is 4.87. The molecule has 0 aromatic carbocycles. The standard InChI is InChI=1S/C17H27NO3/c1-16(2)15(10-12-18(20)21)9-6-11-17(16,19)13-14-7-4-3-5-8-14/h4,7,9,14,19H,3,5-6,8,10-13H2,1-2H3. The molecule has 2 rings (SSSR count). The number of aliphatic hydroxyl groups is 1. The van der Waals surface area contributed by atoms with Gasteiger partial charge >= 0.3 is 0 Å². The molecule has 0 aromatic rings. The minimum absolute atomic E-state index is 0.0469. The highest BCUT2D eigenvalue weighted by atomic mass is 16.6. The maximum Gasteiger partial charge on any atom is 0.207 e. The molecule has 0 heterocycles. The SMILES string of the molecule is CC1(C)C(CC[N+](=O)[O-])=CCCC1(O)CC1C=CCCC1. The van der Waals surface area contributed by atoms with E-state index in [9.17, 15) is 15.2 Å². The molecule has 0 bridgehead atoms. The van der Waals surface area contributed by atoms with Crippen LogP contribution in [0.5, 0.6) is 0 Å². The van der Waals surface area contributed by atoms with Crippen LogP contribution in [0.4, 0.5) is 0 Å². The van der Waals surface area contributed by atoms with Gasteiger partial charge in [-0.2, -0.15) is 0 Å². The van der Waals surface area contributed by atoms with Gasteiger partial charge in [0.2, 0.25) is 6.54 Å². The van der Waals surface area contributed by atoms with Crippen LogP contribution in [-0.2, 0) is 0 Å². The van der Waals surface area contributed by atoms with Crippen molar-refractivity contribution in [3.63, 3.8) is 0 Å². The highest BCUT2D eigenvalue weighted by Crippen LogP contribution is 2.49. The second-order valence-corrected chi connectivity index (χ2v) is 7.05. The molecular formula is C17H27NO3. The molecule has 4 heteroatoms. The predicted molar refractivity (Wildman–Crippen MR) is 83.6 cm³/mol. The zero-order valence-electron chi connectivity index (χ0n) is 13.2. The number of rotatable bonds is 5. The lowest BCUT2D eigenvalue weighted by Crippen LogP contribution is -2.49. The minimum Gasteiger partial charge on any atom is -0.389 e. The molecule has 21 heavy (non-hydrogen) atoms. The Morgan fingerprint density at radius 3 is 2.81 bits per heavy atom. The van der Waals surface area contributed by atoms with Crippen LogP contribution in [-0.4, -0.2) is 22.2 Å². The van der Waals surface area contributed by atoms with Gasteiger partial charge in [-0.15, -0.1) is 0 Å². The molecule has 0 aliphatic heterocycles. The van der Waals surface area contributed by atoms with Crippen molar-refractivity contribution in [2.24, 2.45) is 11.3 Å². The van der Waals surface area contributed by atoms with Crippen molar-refractivity contribution < 1.29 is 10.0 Å². The topological polar surface area (TPSA) is 63.4 Å². The molecule has 0 aromatic heterocycles. The van der Waals surface area contributed by atoms with E-state index in [4.69, 9.17) is 0 Å². The van der Waals surface area contributed by atoms with Gasteiger partial charge in [-0.3, -0.25) is 10.1 Å². The number of nitrogens with zero attached hydrogens (tertiary/aromatic N) is 1. The van der Waals surface area contributed by atoms with Crippen LogP contribution in [0.25, 0.3) is 0 Å². The van der Waals surface area contributed by atoms with Gasteiger partial charge in [-0.1, -0.05) is 37.6 Å². The van der Waals surface area contributed by atoms with Crippen molar-refractivity contribution in [3.8, 4) is 0 Å². The summed E-state index contributed by atoms with van der Waals surface area (Å²) in [5.74, 6) is 0.442. The molecule has 1 N–H and O–H groups in total. The Labute approximate surface area is 127 Å². The fraction of sp³-hybridized carbons (Fsp3) is 0.765. The largest absolute Gasteiger partial charge is 0.389 e. The van der Waals surface area contributed by atoms with E-state index in [0.717, 1.165) is 37.7 Å². The van der Waals surface area contributed by atoms with E-state index in [-0.39, 0.29) is 16.9 Å². The molecule has 4 nitrogen and oxygen atoms in total. The lowest BCUT2D eigenvalue weighted by atomic mass is 9.60. The van der Waals surface area contributed by atoms with Crippen molar-refractivity contribution in [2.75, 3.05) is 6.54 Å². The lowest BCUT2D eigenvalue weighted by Gasteiger charge is -2.48.